The average Bonchev–Trinajstić information content (AvgIpc) is 2.67. The van der Waals surface area contributed by atoms with Crippen molar-refractivity contribution in [2.75, 3.05) is 0 Å². The highest BCUT2D eigenvalue weighted by atomic mass is 16.5. The Morgan fingerprint density at radius 3 is 2.34 bits per heavy atom. The average molecular weight is 404 g/mol. The lowest BCUT2D eigenvalue weighted by Crippen LogP contribution is -2.41. The molecule has 1 aromatic rings. The van der Waals surface area contributed by atoms with Crippen LogP contribution in [0.3, 0.4) is 0 Å². The number of ether oxygens (including phenoxy) is 1. The molecule has 7 nitrogen and oxygen atoms in total. The predicted octanol–water partition coefficient (Wildman–Crippen LogP) is 3.19. The number of carbonyl (C=O) groups is 3. The van der Waals surface area contributed by atoms with Crippen LogP contribution in [0, 0.1) is 0 Å². The highest BCUT2D eigenvalue weighted by Crippen LogP contribution is 2.10. The highest BCUT2D eigenvalue weighted by Gasteiger charge is 2.22. The maximum absolute atomic E-state index is 12.6. The SMILES string of the molecule is C=C(N)CCCCC(NC(=O)OCc1ccccc1)C(=O)CCC(=O)NC(C)C. The zero-order valence-electron chi connectivity index (χ0n) is 17.4. The van der Waals surface area contributed by atoms with Crippen LogP contribution in [0.15, 0.2) is 42.6 Å². The van der Waals surface area contributed by atoms with Gasteiger partial charge in [-0.3, -0.25) is 9.59 Å². The molecule has 29 heavy (non-hydrogen) atoms. The molecule has 7 heteroatoms. The van der Waals surface area contributed by atoms with Crippen LogP contribution >= 0.6 is 0 Å². The second-order valence-corrected chi connectivity index (χ2v) is 7.35. The fourth-order valence-electron chi connectivity index (χ4n) is 2.73. The number of hydrogen-bond acceptors (Lipinski definition) is 5. The van der Waals surface area contributed by atoms with Gasteiger partial charge in [0.05, 0.1) is 6.04 Å². The first-order valence-electron chi connectivity index (χ1n) is 10.0. The van der Waals surface area contributed by atoms with Crippen LogP contribution < -0.4 is 16.4 Å². The second kappa shape index (κ2) is 13.4. The number of rotatable bonds is 13. The number of amides is 2. The van der Waals surface area contributed by atoms with Crippen LogP contribution in [0.1, 0.15) is 57.9 Å². The Hall–Kier alpha value is -2.83. The normalized spacial score (nSPS) is 11.6. The molecule has 0 fully saturated rings. The minimum Gasteiger partial charge on any atom is -0.445 e. The monoisotopic (exact) mass is 403 g/mol. The Balaban J connectivity index is 2.56. The first-order valence-corrected chi connectivity index (χ1v) is 10.0. The van der Waals surface area contributed by atoms with Crippen LogP contribution in [-0.2, 0) is 20.9 Å². The lowest BCUT2D eigenvalue weighted by atomic mass is 10.0. The summed E-state index contributed by atoms with van der Waals surface area (Å²) in [6, 6.07) is 8.61. The van der Waals surface area contributed by atoms with Crippen molar-refractivity contribution in [2.24, 2.45) is 5.73 Å². The molecule has 0 spiro atoms. The molecule has 0 aliphatic heterocycles. The van der Waals surface area contributed by atoms with Crippen molar-refractivity contribution in [1.82, 2.24) is 10.6 Å². The zero-order valence-corrected chi connectivity index (χ0v) is 17.4. The maximum Gasteiger partial charge on any atom is 0.408 e. The Kier molecular flexibility index (Phi) is 11.2. The number of Topliss-reactive ketones (excluding diaryl/α,β-unsaturated/α-hetero) is 1. The molecule has 160 valence electrons. The van der Waals surface area contributed by atoms with E-state index in [1.807, 2.05) is 44.2 Å². The van der Waals surface area contributed by atoms with Crippen molar-refractivity contribution in [1.29, 1.82) is 0 Å². The number of ketones is 1. The van der Waals surface area contributed by atoms with Gasteiger partial charge in [0.2, 0.25) is 5.91 Å². The zero-order chi connectivity index (χ0) is 21.6. The minimum atomic E-state index is -0.698. The number of benzene rings is 1. The van der Waals surface area contributed by atoms with E-state index in [1.165, 1.54) is 0 Å². The number of nitrogens with one attached hydrogen (secondary N) is 2. The quantitative estimate of drug-likeness (QED) is 0.438. The van der Waals surface area contributed by atoms with Gasteiger partial charge in [-0.15, -0.1) is 0 Å². The van der Waals surface area contributed by atoms with E-state index >= 15 is 0 Å². The molecular weight excluding hydrogens is 370 g/mol. The van der Waals surface area contributed by atoms with Crippen molar-refractivity contribution < 1.29 is 19.1 Å². The Bertz CT molecular complexity index is 674. The molecule has 0 saturated heterocycles. The molecule has 1 aromatic carbocycles. The third kappa shape index (κ3) is 11.6. The van der Waals surface area contributed by atoms with Gasteiger partial charge in [-0.05, 0) is 38.7 Å². The molecule has 0 heterocycles. The number of nitrogens with two attached hydrogens (primary N) is 1. The molecule has 1 unspecified atom stereocenters. The summed E-state index contributed by atoms with van der Waals surface area (Å²) in [6.45, 7) is 7.50. The molecular formula is C22H33N3O4. The van der Waals surface area contributed by atoms with E-state index in [4.69, 9.17) is 10.5 Å². The number of unbranched alkanes of at least 4 members (excludes halogenated alkanes) is 1. The smallest absolute Gasteiger partial charge is 0.408 e. The molecule has 0 radical (unpaired) electrons. The summed E-state index contributed by atoms with van der Waals surface area (Å²) in [6.07, 6.45) is 2.09. The third-order valence-electron chi connectivity index (χ3n) is 4.18. The van der Waals surface area contributed by atoms with E-state index < -0.39 is 12.1 Å². The Labute approximate surface area is 173 Å². The second-order valence-electron chi connectivity index (χ2n) is 7.35. The number of carbonyl (C=O) groups excluding carboxylic acids is 3. The summed E-state index contributed by atoms with van der Waals surface area (Å²) < 4.78 is 5.22. The topological polar surface area (TPSA) is 111 Å². The Morgan fingerprint density at radius 2 is 1.72 bits per heavy atom. The van der Waals surface area contributed by atoms with Crippen molar-refractivity contribution in [2.45, 2.75) is 71.1 Å². The van der Waals surface area contributed by atoms with E-state index in [-0.39, 0.29) is 37.2 Å². The fraction of sp³-hybridized carbons (Fsp3) is 0.500. The van der Waals surface area contributed by atoms with Crippen LogP contribution in [0.25, 0.3) is 0 Å². The van der Waals surface area contributed by atoms with Gasteiger partial charge in [0.25, 0.3) is 0 Å². The van der Waals surface area contributed by atoms with E-state index in [9.17, 15) is 14.4 Å². The highest BCUT2D eigenvalue weighted by molar-refractivity contribution is 5.90. The molecule has 0 aliphatic carbocycles. The summed E-state index contributed by atoms with van der Waals surface area (Å²) in [5, 5.41) is 5.40. The van der Waals surface area contributed by atoms with Gasteiger partial charge >= 0.3 is 6.09 Å². The first kappa shape index (κ1) is 24.2. The van der Waals surface area contributed by atoms with Crippen LogP contribution in [0.5, 0.6) is 0 Å². The van der Waals surface area contributed by atoms with Crippen molar-refractivity contribution >= 4 is 17.8 Å². The summed E-state index contributed by atoms with van der Waals surface area (Å²) in [7, 11) is 0. The van der Waals surface area contributed by atoms with Crippen molar-refractivity contribution in [3.05, 3.63) is 48.2 Å². The molecule has 1 rings (SSSR count). The van der Waals surface area contributed by atoms with Gasteiger partial charge in [-0.1, -0.05) is 43.3 Å². The molecule has 0 saturated carbocycles. The third-order valence-corrected chi connectivity index (χ3v) is 4.18. The molecule has 1 atom stereocenters. The number of hydrogen-bond donors (Lipinski definition) is 3. The molecule has 0 aromatic heterocycles. The lowest BCUT2D eigenvalue weighted by molar-refractivity contribution is -0.126. The minimum absolute atomic E-state index is 0.0175. The van der Waals surface area contributed by atoms with E-state index in [1.54, 1.807) is 0 Å². The van der Waals surface area contributed by atoms with Gasteiger partial charge in [-0.2, -0.15) is 0 Å². The maximum atomic E-state index is 12.6. The van der Waals surface area contributed by atoms with Crippen LogP contribution in [-0.4, -0.2) is 29.9 Å². The largest absolute Gasteiger partial charge is 0.445 e. The molecule has 0 aliphatic rings. The van der Waals surface area contributed by atoms with Crippen molar-refractivity contribution in [3.8, 4) is 0 Å². The van der Waals surface area contributed by atoms with Gasteiger partial charge in [0.1, 0.15) is 6.61 Å². The van der Waals surface area contributed by atoms with Gasteiger partial charge in [0.15, 0.2) is 5.78 Å². The van der Waals surface area contributed by atoms with E-state index in [2.05, 4.69) is 17.2 Å². The van der Waals surface area contributed by atoms with E-state index in [0.29, 0.717) is 25.0 Å². The fourth-order valence-corrected chi connectivity index (χ4v) is 2.73. The predicted molar refractivity (Wildman–Crippen MR) is 113 cm³/mol. The lowest BCUT2D eigenvalue weighted by Gasteiger charge is -2.18. The summed E-state index contributed by atoms with van der Waals surface area (Å²) in [4.78, 5) is 36.5. The molecule has 2 amide bonds. The van der Waals surface area contributed by atoms with E-state index in [0.717, 1.165) is 12.0 Å². The van der Waals surface area contributed by atoms with Crippen LogP contribution in [0.2, 0.25) is 0 Å². The molecule has 0 bridgehead atoms. The van der Waals surface area contributed by atoms with Gasteiger partial charge in [0, 0.05) is 24.6 Å². The number of alkyl carbamates (subject to hydrolysis) is 1. The standard InChI is InChI=1S/C22H33N3O4/c1-16(2)24-21(27)14-13-20(26)19(12-8-7-9-17(3)23)25-22(28)29-15-18-10-5-4-6-11-18/h4-6,10-11,16,19H,3,7-9,12-15,23H2,1-2H3,(H,24,27)(H,25,28). The summed E-state index contributed by atoms with van der Waals surface area (Å²) in [5.41, 5.74) is 7.02. The number of allylic oxidation sites excluding steroid dienone is 1. The summed E-state index contributed by atoms with van der Waals surface area (Å²) in [5.74, 6) is -0.370. The Morgan fingerprint density at radius 1 is 1.03 bits per heavy atom. The van der Waals surface area contributed by atoms with Crippen molar-refractivity contribution in [3.63, 3.8) is 0 Å². The van der Waals surface area contributed by atoms with Gasteiger partial charge < -0.3 is 21.1 Å². The molecule has 4 N–H and O–H groups in total. The first-order chi connectivity index (χ1) is 13.8. The summed E-state index contributed by atoms with van der Waals surface area (Å²) >= 11 is 0. The van der Waals surface area contributed by atoms with Crippen LogP contribution in [0.4, 0.5) is 4.79 Å². The van der Waals surface area contributed by atoms with Gasteiger partial charge in [-0.25, -0.2) is 4.79 Å².